The van der Waals surface area contributed by atoms with Gasteiger partial charge in [0.1, 0.15) is 5.01 Å². The van der Waals surface area contributed by atoms with Crippen molar-refractivity contribution in [2.24, 2.45) is 0 Å². The molecule has 108 valence electrons. The summed E-state index contributed by atoms with van der Waals surface area (Å²) in [5, 5.41) is 12.9. The van der Waals surface area contributed by atoms with Gasteiger partial charge in [-0.25, -0.2) is 9.36 Å². The first-order valence-corrected chi connectivity index (χ1v) is 7.16. The highest BCUT2D eigenvalue weighted by Gasteiger charge is 2.15. The highest BCUT2D eigenvalue weighted by molar-refractivity contribution is 7.13. The Morgan fingerprint density at radius 3 is 2.86 bits per heavy atom. The minimum Gasteiger partial charge on any atom is -0.469 e. The van der Waals surface area contributed by atoms with Gasteiger partial charge in [-0.3, -0.25) is 4.52 Å². The summed E-state index contributed by atoms with van der Waals surface area (Å²) in [6, 6.07) is 9.36. The highest BCUT2D eigenvalue weighted by Crippen LogP contribution is 2.21. The molecule has 0 saturated heterocycles. The number of aromatic nitrogens is 4. The molecule has 0 atom stereocenters. The summed E-state index contributed by atoms with van der Waals surface area (Å²) in [6.45, 7) is 2.65. The Hall–Kier alpha value is -2.48. The van der Waals surface area contributed by atoms with E-state index in [0.717, 1.165) is 5.56 Å². The summed E-state index contributed by atoms with van der Waals surface area (Å²) < 4.78 is 11.5. The van der Waals surface area contributed by atoms with Crippen molar-refractivity contribution in [3.8, 4) is 16.6 Å². The molecule has 0 aliphatic carbocycles. The zero-order valence-corrected chi connectivity index (χ0v) is 12.0. The molecule has 0 radical (unpaired) electrons. The third kappa shape index (κ3) is 2.84. The normalized spacial score (nSPS) is 10.7. The smallest absolute Gasteiger partial charge is 0.442 e. The molecular formula is C13H12N4O3S. The topological polar surface area (TPSA) is 83.0 Å². The number of benzene rings is 1. The molecule has 2 heterocycles. The van der Waals surface area contributed by atoms with Gasteiger partial charge in [-0.1, -0.05) is 51.9 Å². The molecule has 2 aromatic heterocycles. The van der Waals surface area contributed by atoms with Crippen LogP contribution in [0, 0.1) is 0 Å². The Morgan fingerprint density at radius 2 is 2.10 bits per heavy atom. The van der Waals surface area contributed by atoms with Crippen LogP contribution in [0.3, 0.4) is 0 Å². The Labute approximate surface area is 123 Å². The van der Waals surface area contributed by atoms with E-state index in [4.69, 9.17) is 9.26 Å². The van der Waals surface area contributed by atoms with Crippen molar-refractivity contribution in [1.82, 2.24) is 19.9 Å². The Morgan fingerprint density at radius 1 is 1.29 bits per heavy atom. The van der Waals surface area contributed by atoms with Gasteiger partial charge in [-0.05, 0) is 6.92 Å². The first kappa shape index (κ1) is 13.5. The van der Waals surface area contributed by atoms with Gasteiger partial charge < -0.3 is 4.74 Å². The molecule has 0 aliphatic rings. The van der Waals surface area contributed by atoms with Crippen molar-refractivity contribution in [3.05, 3.63) is 45.9 Å². The van der Waals surface area contributed by atoms with Crippen LogP contribution in [0.25, 0.3) is 11.4 Å². The van der Waals surface area contributed by atoms with Crippen molar-refractivity contribution in [1.29, 1.82) is 0 Å². The van der Waals surface area contributed by atoms with E-state index >= 15 is 0 Å². The maximum absolute atomic E-state index is 11.8. The summed E-state index contributed by atoms with van der Waals surface area (Å²) in [5.74, 6) is -0.0595. The van der Waals surface area contributed by atoms with Crippen LogP contribution in [-0.4, -0.2) is 26.5 Å². The van der Waals surface area contributed by atoms with Gasteiger partial charge in [-0.15, -0.1) is 5.10 Å². The molecule has 0 aliphatic heterocycles. The van der Waals surface area contributed by atoms with E-state index in [1.165, 1.54) is 15.9 Å². The summed E-state index contributed by atoms with van der Waals surface area (Å²) in [7, 11) is 0. The van der Waals surface area contributed by atoms with Crippen LogP contribution in [-0.2, 0) is 6.54 Å². The fourth-order valence-electron chi connectivity index (χ4n) is 1.82. The van der Waals surface area contributed by atoms with Gasteiger partial charge in [-0.2, -0.15) is 0 Å². The standard InChI is InChI=1S/C13H12N4O3S/c1-2-19-12-15-14-10(21-12)8-17-11(16-20-13(17)18)9-6-4-3-5-7-9/h3-7H,2,8H2,1H3. The second-order valence-corrected chi connectivity index (χ2v) is 5.14. The number of hydrogen-bond donors (Lipinski definition) is 0. The van der Waals surface area contributed by atoms with Crippen LogP contribution in [0.1, 0.15) is 11.9 Å². The molecule has 0 unspecified atom stereocenters. The monoisotopic (exact) mass is 304 g/mol. The van der Waals surface area contributed by atoms with E-state index < -0.39 is 5.76 Å². The van der Waals surface area contributed by atoms with Crippen LogP contribution in [0.4, 0.5) is 0 Å². The number of rotatable bonds is 5. The maximum Gasteiger partial charge on any atom is 0.442 e. The van der Waals surface area contributed by atoms with Gasteiger partial charge in [0.2, 0.25) is 0 Å². The Kier molecular flexibility index (Phi) is 3.78. The largest absolute Gasteiger partial charge is 0.469 e. The van der Waals surface area contributed by atoms with Crippen LogP contribution in [0.5, 0.6) is 5.19 Å². The van der Waals surface area contributed by atoms with Crippen molar-refractivity contribution in [3.63, 3.8) is 0 Å². The minimum absolute atomic E-state index is 0.247. The van der Waals surface area contributed by atoms with Crippen LogP contribution >= 0.6 is 11.3 Å². The van der Waals surface area contributed by atoms with Crippen LogP contribution < -0.4 is 10.5 Å². The van der Waals surface area contributed by atoms with E-state index in [1.54, 1.807) is 0 Å². The molecule has 1 aromatic carbocycles. The molecule has 3 rings (SSSR count). The third-order valence-electron chi connectivity index (χ3n) is 2.73. The number of nitrogens with zero attached hydrogens (tertiary/aromatic N) is 4. The molecule has 0 amide bonds. The quantitative estimate of drug-likeness (QED) is 0.715. The van der Waals surface area contributed by atoms with Gasteiger partial charge in [0, 0.05) is 5.56 Å². The molecule has 0 N–H and O–H groups in total. The first-order valence-electron chi connectivity index (χ1n) is 6.35. The van der Waals surface area contributed by atoms with Gasteiger partial charge in [0.05, 0.1) is 13.2 Å². The fourth-order valence-corrected chi connectivity index (χ4v) is 2.56. The lowest BCUT2D eigenvalue weighted by molar-refractivity contribution is 0.335. The van der Waals surface area contributed by atoms with Crippen LogP contribution in [0.15, 0.2) is 39.6 Å². The summed E-state index contributed by atoms with van der Waals surface area (Å²) in [5.41, 5.74) is 0.804. The van der Waals surface area contributed by atoms with E-state index in [-0.39, 0.29) is 6.54 Å². The molecule has 0 spiro atoms. The molecule has 0 bridgehead atoms. The van der Waals surface area contributed by atoms with Crippen molar-refractivity contribution in [2.45, 2.75) is 13.5 Å². The molecule has 0 saturated carbocycles. The molecule has 3 aromatic rings. The Bertz CT molecular complexity index is 778. The molecule has 21 heavy (non-hydrogen) atoms. The Balaban J connectivity index is 1.92. The highest BCUT2D eigenvalue weighted by atomic mass is 32.1. The number of hydrogen-bond acceptors (Lipinski definition) is 7. The van der Waals surface area contributed by atoms with E-state index in [1.807, 2.05) is 37.3 Å². The third-order valence-corrected chi connectivity index (χ3v) is 3.55. The second-order valence-electron chi connectivity index (χ2n) is 4.12. The summed E-state index contributed by atoms with van der Waals surface area (Å²) >= 11 is 1.29. The molecular weight excluding hydrogens is 292 g/mol. The maximum atomic E-state index is 11.8. The van der Waals surface area contributed by atoms with E-state index in [2.05, 4.69) is 15.4 Å². The van der Waals surface area contributed by atoms with Gasteiger partial charge in [0.25, 0.3) is 5.19 Å². The molecule has 7 nitrogen and oxygen atoms in total. The minimum atomic E-state index is -0.526. The average molecular weight is 304 g/mol. The van der Waals surface area contributed by atoms with E-state index in [9.17, 15) is 4.79 Å². The predicted molar refractivity (Wildman–Crippen MR) is 76.4 cm³/mol. The van der Waals surface area contributed by atoms with Gasteiger partial charge >= 0.3 is 5.76 Å². The fraction of sp³-hybridized carbons (Fsp3) is 0.231. The van der Waals surface area contributed by atoms with Crippen molar-refractivity contribution in [2.75, 3.05) is 6.61 Å². The second kappa shape index (κ2) is 5.88. The van der Waals surface area contributed by atoms with Crippen molar-refractivity contribution >= 4 is 11.3 Å². The first-order chi connectivity index (χ1) is 10.3. The lowest BCUT2D eigenvalue weighted by Gasteiger charge is -2.01. The SMILES string of the molecule is CCOc1nnc(Cn2c(-c3ccccc3)noc2=O)s1. The molecule has 0 fully saturated rings. The molecule has 8 heteroatoms. The van der Waals surface area contributed by atoms with Crippen molar-refractivity contribution < 1.29 is 9.26 Å². The lowest BCUT2D eigenvalue weighted by Crippen LogP contribution is -2.16. The summed E-state index contributed by atoms with van der Waals surface area (Å²) in [4.78, 5) is 11.8. The number of ether oxygens (including phenoxy) is 1. The van der Waals surface area contributed by atoms with Crippen LogP contribution in [0.2, 0.25) is 0 Å². The van der Waals surface area contributed by atoms with E-state index in [0.29, 0.717) is 22.6 Å². The summed E-state index contributed by atoms with van der Waals surface area (Å²) in [6.07, 6.45) is 0. The zero-order chi connectivity index (χ0) is 14.7. The lowest BCUT2D eigenvalue weighted by atomic mass is 10.2. The average Bonchev–Trinajstić information content (AvgIpc) is 3.09. The van der Waals surface area contributed by atoms with Gasteiger partial charge in [0.15, 0.2) is 5.82 Å². The zero-order valence-electron chi connectivity index (χ0n) is 11.2. The predicted octanol–water partition coefficient (Wildman–Crippen LogP) is 1.80.